The number of rotatable bonds is 7. The number of nitrogens with zero attached hydrogens (tertiary/aromatic N) is 1. The van der Waals surface area contributed by atoms with E-state index in [0.29, 0.717) is 6.42 Å². The normalized spacial score (nSPS) is 13.2. The van der Waals surface area contributed by atoms with Crippen LogP contribution in [0.3, 0.4) is 0 Å². The summed E-state index contributed by atoms with van der Waals surface area (Å²) < 4.78 is 26.2. The fraction of sp³-hybridized carbons (Fsp3) is 0.455. The molecule has 1 atom stereocenters. The number of nitrogens with one attached hydrogen (secondary N) is 1. The first kappa shape index (κ1) is 16.8. The second-order valence-corrected chi connectivity index (χ2v) is 6.31. The first-order valence-corrected chi connectivity index (χ1v) is 7.75. The number of nitro groups is 1. The summed E-state index contributed by atoms with van der Waals surface area (Å²) in [6.45, 7) is 1.73. The molecular weight excluding hydrogens is 308 g/mol. The first-order chi connectivity index (χ1) is 9.27. The third-order valence-corrected chi connectivity index (χ3v) is 4.45. The van der Waals surface area contributed by atoms with E-state index in [1.54, 1.807) is 0 Å². The van der Waals surface area contributed by atoms with Crippen LogP contribution in [0.2, 0.25) is 5.02 Å². The molecule has 0 heterocycles. The molecule has 1 rings (SSSR count). The molecule has 0 spiro atoms. The van der Waals surface area contributed by atoms with Gasteiger partial charge in [0, 0.05) is 18.7 Å². The molecule has 112 valence electrons. The van der Waals surface area contributed by atoms with Crippen molar-refractivity contribution in [3.05, 3.63) is 33.3 Å². The third-order valence-electron chi connectivity index (χ3n) is 2.55. The van der Waals surface area contributed by atoms with Crippen molar-refractivity contribution in [2.75, 3.05) is 6.54 Å². The van der Waals surface area contributed by atoms with Gasteiger partial charge in [-0.25, -0.2) is 13.1 Å². The maximum atomic E-state index is 12.0. The number of aliphatic hydroxyl groups excluding tert-OH is 1. The molecule has 0 bridgehead atoms. The SMILES string of the molecule is CCCC(O)CNS(=O)(=O)c1ccc([N+](=O)[O-])cc1Cl. The molecule has 0 aromatic heterocycles. The monoisotopic (exact) mass is 322 g/mol. The van der Waals surface area contributed by atoms with E-state index in [0.717, 1.165) is 24.6 Å². The maximum Gasteiger partial charge on any atom is 0.271 e. The Kier molecular flexibility index (Phi) is 5.88. The van der Waals surface area contributed by atoms with Crippen LogP contribution < -0.4 is 4.72 Å². The summed E-state index contributed by atoms with van der Waals surface area (Å²) in [7, 11) is -3.91. The van der Waals surface area contributed by atoms with Crippen LogP contribution in [0.25, 0.3) is 0 Å². The lowest BCUT2D eigenvalue weighted by Crippen LogP contribution is -2.32. The Morgan fingerprint density at radius 2 is 2.15 bits per heavy atom. The predicted molar refractivity (Wildman–Crippen MR) is 74.2 cm³/mol. The van der Waals surface area contributed by atoms with Gasteiger partial charge in [0.05, 0.1) is 16.0 Å². The lowest BCUT2D eigenvalue weighted by atomic mass is 10.2. The van der Waals surface area contributed by atoms with E-state index < -0.39 is 21.1 Å². The standard InChI is InChI=1S/C11H15ClN2O5S/c1-2-3-9(15)7-13-20(18,19)11-5-4-8(14(16)17)6-10(11)12/h4-6,9,13,15H,2-3,7H2,1H3. The average Bonchev–Trinajstić information content (AvgIpc) is 2.36. The summed E-state index contributed by atoms with van der Waals surface area (Å²) in [6.07, 6.45) is 0.407. The lowest BCUT2D eigenvalue weighted by molar-refractivity contribution is -0.384. The molecule has 0 aliphatic carbocycles. The molecule has 0 aliphatic heterocycles. The van der Waals surface area contributed by atoms with Crippen molar-refractivity contribution in [3.8, 4) is 0 Å². The van der Waals surface area contributed by atoms with Crippen LogP contribution in [0, 0.1) is 10.1 Å². The Bertz CT molecular complexity index is 590. The fourth-order valence-electron chi connectivity index (χ4n) is 1.54. The molecule has 1 aromatic rings. The van der Waals surface area contributed by atoms with E-state index in [2.05, 4.69) is 4.72 Å². The molecule has 0 radical (unpaired) electrons. The number of non-ortho nitro benzene ring substituents is 1. The van der Waals surface area contributed by atoms with Crippen LogP contribution in [0.1, 0.15) is 19.8 Å². The molecule has 1 aromatic carbocycles. The molecular formula is C11H15ClN2O5S. The van der Waals surface area contributed by atoms with Crippen molar-refractivity contribution in [2.24, 2.45) is 0 Å². The number of nitro benzene ring substituents is 1. The van der Waals surface area contributed by atoms with Gasteiger partial charge in [-0.3, -0.25) is 10.1 Å². The van der Waals surface area contributed by atoms with E-state index in [4.69, 9.17) is 11.6 Å². The first-order valence-electron chi connectivity index (χ1n) is 5.89. The molecule has 0 amide bonds. The third kappa shape index (κ3) is 4.41. The van der Waals surface area contributed by atoms with E-state index in [-0.39, 0.29) is 22.2 Å². The van der Waals surface area contributed by atoms with Gasteiger partial charge in [-0.05, 0) is 12.5 Å². The largest absolute Gasteiger partial charge is 0.392 e. The second-order valence-electron chi connectivity index (χ2n) is 4.17. The number of aliphatic hydroxyl groups is 1. The lowest BCUT2D eigenvalue weighted by Gasteiger charge is -2.12. The maximum absolute atomic E-state index is 12.0. The highest BCUT2D eigenvalue weighted by Crippen LogP contribution is 2.25. The molecule has 0 saturated heterocycles. The van der Waals surface area contributed by atoms with Crippen molar-refractivity contribution in [1.29, 1.82) is 0 Å². The average molecular weight is 323 g/mol. The topological polar surface area (TPSA) is 110 Å². The van der Waals surface area contributed by atoms with Crippen molar-refractivity contribution < 1.29 is 18.4 Å². The minimum Gasteiger partial charge on any atom is -0.392 e. The van der Waals surface area contributed by atoms with Gasteiger partial charge in [-0.15, -0.1) is 0 Å². The molecule has 0 fully saturated rings. The Morgan fingerprint density at radius 3 is 2.65 bits per heavy atom. The zero-order valence-electron chi connectivity index (χ0n) is 10.7. The molecule has 1 unspecified atom stereocenters. The molecule has 20 heavy (non-hydrogen) atoms. The van der Waals surface area contributed by atoms with Gasteiger partial charge in [0.1, 0.15) is 4.90 Å². The van der Waals surface area contributed by atoms with Gasteiger partial charge in [-0.1, -0.05) is 24.9 Å². The van der Waals surface area contributed by atoms with Crippen LogP contribution in [0.4, 0.5) is 5.69 Å². The van der Waals surface area contributed by atoms with Gasteiger partial charge >= 0.3 is 0 Å². The summed E-state index contributed by atoms with van der Waals surface area (Å²) in [4.78, 5) is 9.63. The summed E-state index contributed by atoms with van der Waals surface area (Å²) >= 11 is 5.75. The second kappa shape index (κ2) is 6.98. The van der Waals surface area contributed by atoms with E-state index in [1.807, 2.05) is 6.92 Å². The Labute approximate surface area is 121 Å². The van der Waals surface area contributed by atoms with Gasteiger partial charge < -0.3 is 5.11 Å². The number of benzene rings is 1. The van der Waals surface area contributed by atoms with Crippen molar-refractivity contribution in [3.63, 3.8) is 0 Å². The highest BCUT2D eigenvalue weighted by atomic mass is 35.5. The number of hydrogen-bond acceptors (Lipinski definition) is 5. The minimum absolute atomic E-state index is 0.135. The summed E-state index contributed by atoms with van der Waals surface area (Å²) in [5.41, 5.74) is -0.292. The smallest absolute Gasteiger partial charge is 0.271 e. The molecule has 2 N–H and O–H groups in total. The zero-order chi connectivity index (χ0) is 15.3. The zero-order valence-corrected chi connectivity index (χ0v) is 12.3. The highest BCUT2D eigenvalue weighted by molar-refractivity contribution is 7.89. The van der Waals surface area contributed by atoms with Crippen molar-refractivity contribution in [2.45, 2.75) is 30.8 Å². The number of sulfonamides is 1. The summed E-state index contributed by atoms with van der Waals surface area (Å²) in [5.74, 6) is 0. The van der Waals surface area contributed by atoms with Crippen LogP contribution in [0.5, 0.6) is 0 Å². The van der Waals surface area contributed by atoms with Gasteiger partial charge in [0.15, 0.2) is 0 Å². The molecule has 0 saturated carbocycles. The molecule has 7 nitrogen and oxygen atoms in total. The van der Waals surface area contributed by atoms with Crippen molar-refractivity contribution in [1.82, 2.24) is 4.72 Å². The van der Waals surface area contributed by atoms with E-state index in [9.17, 15) is 23.6 Å². The Hall–Kier alpha value is -1.22. The Morgan fingerprint density at radius 1 is 1.50 bits per heavy atom. The summed E-state index contributed by atoms with van der Waals surface area (Å²) in [6, 6.07) is 3.09. The van der Waals surface area contributed by atoms with Crippen molar-refractivity contribution >= 4 is 27.3 Å². The van der Waals surface area contributed by atoms with Gasteiger partial charge in [-0.2, -0.15) is 0 Å². The van der Waals surface area contributed by atoms with Crippen LogP contribution in [-0.2, 0) is 10.0 Å². The van der Waals surface area contributed by atoms with Crippen LogP contribution >= 0.6 is 11.6 Å². The number of hydrogen-bond donors (Lipinski definition) is 2. The fourth-order valence-corrected chi connectivity index (χ4v) is 3.15. The van der Waals surface area contributed by atoms with Crippen LogP contribution in [0.15, 0.2) is 23.1 Å². The molecule has 9 heteroatoms. The van der Waals surface area contributed by atoms with E-state index in [1.165, 1.54) is 0 Å². The van der Waals surface area contributed by atoms with Crippen LogP contribution in [-0.4, -0.2) is 31.1 Å². The highest BCUT2D eigenvalue weighted by Gasteiger charge is 2.21. The minimum atomic E-state index is -3.91. The van der Waals surface area contributed by atoms with E-state index >= 15 is 0 Å². The Balaban J connectivity index is 2.90. The molecule has 0 aliphatic rings. The summed E-state index contributed by atoms with van der Waals surface area (Å²) in [5, 5.41) is 19.8. The number of halogens is 1. The van der Waals surface area contributed by atoms with Gasteiger partial charge in [0.2, 0.25) is 10.0 Å². The predicted octanol–water partition coefficient (Wildman–Crippen LogP) is 1.69. The quantitative estimate of drug-likeness (QED) is 0.586. The van der Waals surface area contributed by atoms with Gasteiger partial charge in [0.25, 0.3) is 5.69 Å².